The molecule has 23 heavy (non-hydrogen) atoms. The second-order valence-corrected chi connectivity index (χ2v) is 6.34. The zero-order valence-electron chi connectivity index (χ0n) is 13.4. The van der Waals surface area contributed by atoms with Crippen LogP contribution in [0.2, 0.25) is 0 Å². The van der Waals surface area contributed by atoms with Gasteiger partial charge in [0, 0.05) is 24.7 Å². The van der Waals surface area contributed by atoms with Crippen LogP contribution in [0.25, 0.3) is 5.69 Å². The number of aromatic nitrogens is 2. The number of rotatable bonds is 4. The summed E-state index contributed by atoms with van der Waals surface area (Å²) in [5.41, 5.74) is 2.70. The predicted molar refractivity (Wildman–Crippen MR) is 87.2 cm³/mol. The first-order valence-corrected chi connectivity index (χ1v) is 8.30. The number of hydrogen-bond donors (Lipinski definition) is 0. The van der Waals surface area contributed by atoms with Crippen molar-refractivity contribution in [1.82, 2.24) is 14.7 Å². The lowest BCUT2D eigenvalue weighted by atomic mass is 10.2. The largest absolute Gasteiger partial charge is 0.497 e. The zero-order valence-corrected chi connectivity index (χ0v) is 13.4. The molecule has 5 nitrogen and oxygen atoms in total. The molecule has 1 saturated heterocycles. The molecule has 1 aromatic carbocycles. The molecule has 5 heteroatoms. The van der Waals surface area contributed by atoms with Crippen LogP contribution in [0.1, 0.15) is 47.8 Å². The number of carbonyl (C=O) groups is 1. The standard InChI is InChI=1S/C18H21N3O2/c1-23-15-8-6-14(7-9-15)21-17(13-4-5-13)12-16(19-21)18(22)20-10-2-3-11-20/h6-9,12-13H,2-5,10-11H2,1H3. The van der Waals surface area contributed by atoms with Crippen molar-refractivity contribution in [3.05, 3.63) is 41.7 Å². The molecule has 2 aromatic rings. The zero-order chi connectivity index (χ0) is 15.8. The summed E-state index contributed by atoms with van der Waals surface area (Å²) in [5, 5.41) is 4.63. The number of nitrogens with zero attached hydrogens (tertiary/aromatic N) is 3. The number of likely N-dealkylation sites (tertiary alicyclic amines) is 1. The summed E-state index contributed by atoms with van der Waals surface area (Å²) in [6.07, 6.45) is 4.55. The van der Waals surface area contributed by atoms with E-state index in [9.17, 15) is 4.79 Å². The predicted octanol–water partition coefficient (Wildman–Crippen LogP) is 2.99. The van der Waals surface area contributed by atoms with Crippen LogP contribution < -0.4 is 4.74 Å². The van der Waals surface area contributed by atoms with Crippen LogP contribution in [0.3, 0.4) is 0 Å². The molecule has 2 heterocycles. The molecule has 0 spiro atoms. The van der Waals surface area contributed by atoms with E-state index in [1.165, 1.54) is 12.8 Å². The fourth-order valence-electron chi connectivity index (χ4n) is 3.18. The molecule has 1 saturated carbocycles. The summed E-state index contributed by atoms with van der Waals surface area (Å²) in [6.45, 7) is 1.71. The van der Waals surface area contributed by atoms with Gasteiger partial charge in [-0.25, -0.2) is 4.68 Å². The minimum atomic E-state index is 0.0664. The summed E-state index contributed by atoms with van der Waals surface area (Å²) >= 11 is 0. The van der Waals surface area contributed by atoms with Gasteiger partial charge in [0.15, 0.2) is 5.69 Å². The van der Waals surface area contributed by atoms with Crippen molar-refractivity contribution in [1.29, 1.82) is 0 Å². The average molecular weight is 311 g/mol. The van der Waals surface area contributed by atoms with E-state index in [-0.39, 0.29) is 5.91 Å². The molecule has 120 valence electrons. The number of hydrogen-bond acceptors (Lipinski definition) is 3. The highest BCUT2D eigenvalue weighted by Crippen LogP contribution is 2.41. The van der Waals surface area contributed by atoms with Crippen molar-refractivity contribution in [2.24, 2.45) is 0 Å². The third-order valence-corrected chi connectivity index (χ3v) is 4.66. The molecule has 2 aliphatic rings. The van der Waals surface area contributed by atoms with Crippen molar-refractivity contribution in [2.45, 2.75) is 31.6 Å². The van der Waals surface area contributed by atoms with E-state index in [4.69, 9.17) is 4.74 Å². The summed E-state index contributed by atoms with van der Waals surface area (Å²) in [4.78, 5) is 14.5. The maximum atomic E-state index is 12.6. The maximum Gasteiger partial charge on any atom is 0.274 e. The molecule has 1 aliphatic heterocycles. The van der Waals surface area contributed by atoms with Gasteiger partial charge in [-0.15, -0.1) is 0 Å². The molecule has 0 N–H and O–H groups in total. The average Bonchev–Trinajstić information content (AvgIpc) is 3.13. The van der Waals surface area contributed by atoms with E-state index in [2.05, 4.69) is 5.10 Å². The van der Waals surface area contributed by atoms with Gasteiger partial charge in [-0.3, -0.25) is 4.79 Å². The summed E-state index contributed by atoms with van der Waals surface area (Å²) in [5.74, 6) is 1.42. The highest BCUT2D eigenvalue weighted by Gasteiger charge is 2.31. The van der Waals surface area contributed by atoms with Gasteiger partial charge in [-0.2, -0.15) is 5.10 Å². The van der Waals surface area contributed by atoms with E-state index in [0.29, 0.717) is 11.6 Å². The fourth-order valence-corrected chi connectivity index (χ4v) is 3.18. The summed E-state index contributed by atoms with van der Waals surface area (Å²) in [6, 6.07) is 9.82. The SMILES string of the molecule is COc1ccc(-n2nc(C(=O)N3CCCC3)cc2C2CC2)cc1. The molecular formula is C18H21N3O2. The molecule has 1 aliphatic carbocycles. The Balaban J connectivity index is 1.68. The molecule has 1 aromatic heterocycles. The number of ether oxygens (including phenoxy) is 1. The monoisotopic (exact) mass is 311 g/mol. The molecule has 0 bridgehead atoms. The lowest BCUT2D eigenvalue weighted by molar-refractivity contribution is 0.0786. The van der Waals surface area contributed by atoms with E-state index in [1.807, 2.05) is 39.9 Å². The van der Waals surface area contributed by atoms with Crippen molar-refractivity contribution in [2.75, 3.05) is 20.2 Å². The Bertz CT molecular complexity index is 710. The third kappa shape index (κ3) is 2.71. The number of carbonyl (C=O) groups excluding carboxylic acids is 1. The summed E-state index contributed by atoms with van der Waals surface area (Å²) in [7, 11) is 1.66. The Morgan fingerprint density at radius 3 is 2.48 bits per heavy atom. The van der Waals surface area contributed by atoms with Gasteiger partial charge in [-0.05, 0) is 56.0 Å². The Morgan fingerprint density at radius 2 is 1.87 bits per heavy atom. The number of methoxy groups -OCH3 is 1. The first-order valence-electron chi connectivity index (χ1n) is 8.30. The molecule has 4 rings (SSSR count). The molecule has 0 radical (unpaired) electrons. The van der Waals surface area contributed by atoms with E-state index in [1.54, 1.807) is 7.11 Å². The Labute approximate surface area is 135 Å². The second-order valence-electron chi connectivity index (χ2n) is 6.34. The molecule has 0 unspecified atom stereocenters. The van der Waals surface area contributed by atoms with Crippen molar-refractivity contribution in [3.8, 4) is 11.4 Å². The number of benzene rings is 1. The quantitative estimate of drug-likeness (QED) is 0.872. The smallest absolute Gasteiger partial charge is 0.274 e. The summed E-state index contributed by atoms with van der Waals surface area (Å²) < 4.78 is 7.15. The molecule has 0 atom stereocenters. The van der Waals surface area contributed by atoms with Crippen LogP contribution in [-0.2, 0) is 0 Å². The van der Waals surface area contributed by atoms with Gasteiger partial charge in [0.1, 0.15) is 5.75 Å². The lowest BCUT2D eigenvalue weighted by Gasteiger charge is -2.12. The first-order chi connectivity index (χ1) is 11.3. The van der Waals surface area contributed by atoms with Gasteiger partial charge < -0.3 is 9.64 Å². The van der Waals surface area contributed by atoms with Crippen LogP contribution in [0.15, 0.2) is 30.3 Å². The topological polar surface area (TPSA) is 47.4 Å². The van der Waals surface area contributed by atoms with Crippen molar-refractivity contribution in [3.63, 3.8) is 0 Å². The fraction of sp³-hybridized carbons (Fsp3) is 0.444. The van der Waals surface area contributed by atoms with E-state index < -0.39 is 0 Å². The maximum absolute atomic E-state index is 12.6. The van der Waals surface area contributed by atoms with Crippen molar-refractivity contribution >= 4 is 5.91 Å². The van der Waals surface area contributed by atoms with Gasteiger partial charge in [0.2, 0.25) is 0 Å². The van der Waals surface area contributed by atoms with Gasteiger partial charge >= 0.3 is 0 Å². The van der Waals surface area contributed by atoms with Crippen LogP contribution in [0.4, 0.5) is 0 Å². The van der Waals surface area contributed by atoms with Crippen LogP contribution in [0, 0.1) is 0 Å². The highest BCUT2D eigenvalue weighted by molar-refractivity contribution is 5.92. The van der Waals surface area contributed by atoms with Gasteiger partial charge in [0.25, 0.3) is 5.91 Å². The second kappa shape index (κ2) is 5.72. The normalized spacial score (nSPS) is 17.5. The minimum absolute atomic E-state index is 0.0664. The minimum Gasteiger partial charge on any atom is -0.497 e. The van der Waals surface area contributed by atoms with E-state index in [0.717, 1.165) is 43.1 Å². The van der Waals surface area contributed by atoms with Crippen LogP contribution in [0.5, 0.6) is 5.75 Å². The first kappa shape index (κ1) is 14.3. The van der Waals surface area contributed by atoms with E-state index >= 15 is 0 Å². The molecule has 1 amide bonds. The van der Waals surface area contributed by atoms with Crippen LogP contribution in [-0.4, -0.2) is 40.8 Å². The van der Waals surface area contributed by atoms with Crippen molar-refractivity contribution < 1.29 is 9.53 Å². The highest BCUT2D eigenvalue weighted by atomic mass is 16.5. The number of amides is 1. The Hall–Kier alpha value is -2.30. The third-order valence-electron chi connectivity index (χ3n) is 4.66. The van der Waals surface area contributed by atoms with Gasteiger partial charge in [0.05, 0.1) is 12.8 Å². The van der Waals surface area contributed by atoms with Crippen LogP contribution >= 0.6 is 0 Å². The van der Waals surface area contributed by atoms with Gasteiger partial charge in [-0.1, -0.05) is 0 Å². The molecular weight excluding hydrogens is 290 g/mol. The Kier molecular flexibility index (Phi) is 3.56. The Morgan fingerprint density at radius 1 is 1.17 bits per heavy atom. The molecule has 2 fully saturated rings. The lowest BCUT2D eigenvalue weighted by Crippen LogP contribution is -2.28.